The Balaban J connectivity index is 1.57. The summed E-state index contributed by atoms with van der Waals surface area (Å²) < 4.78 is 6.20. The highest BCUT2D eigenvalue weighted by atomic mass is 79.9. The molecule has 4 rings (SSSR count). The first-order valence-electron chi connectivity index (χ1n) is 10.2. The van der Waals surface area contributed by atoms with E-state index in [0.717, 1.165) is 4.90 Å². The van der Waals surface area contributed by atoms with Crippen molar-refractivity contribution >= 4 is 74.4 Å². The lowest BCUT2D eigenvalue weighted by Crippen LogP contribution is -2.54. The van der Waals surface area contributed by atoms with E-state index in [1.807, 2.05) is 0 Å². The first-order chi connectivity index (χ1) is 17.1. The summed E-state index contributed by atoms with van der Waals surface area (Å²) in [5.41, 5.74) is 1.03. The molecule has 0 saturated carbocycles. The van der Waals surface area contributed by atoms with Gasteiger partial charge < -0.3 is 4.74 Å². The van der Waals surface area contributed by atoms with E-state index in [2.05, 4.69) is 21.2 Å². The number of urea groups is 1. The Morgan fingerprint density at radius 3 is 2.31 bits per heavy atom. The van der Waals surface area contributed by atoms with Gasteiger partial charge in [0.15, 0.2) is 5.75 Å². The Bertz CT molecular complexity index is 1400. The van der Waals surface area contributed by atoms with Crippen molar-refractivity contribution in [3.05, 3.63) is 102 Å². The quantitative estimate of drug-likeness (QED) is 0.165. The van der Waals surface area contributed by atoms with E-state index >= 15 is 0 Å². The third kappa shape index (κ3) is 5.40. The number of benzene rings is 3. The van der Waals surface area contributed by atoms with E-state index < -0.39 is 22.8 Å². The van der Waals surface area contributed by atoms with Crippen molar-refractivity contribution in [1.29, 1.82) is 0 Å². The van der Waals surface area contributed by atoms with Crippen molar-refractivity contribution in [3.63, 3.8) is 0 Å². The van der Waals surface area contributed by atoms with Gasteiger partial charge in [-0.3, -0.25) is 25.0 Å². The number of nitro benzene ring substituents is 1. The average molecular weight is 591 g/mol. The van der Waals surface area contributed by atoms with Crippen LogP contribution in [0.4, 0.5) is 16.2 Å². The van der Waals surface area contributed by atoms with E-state index in [1.54, 1.807) is 18.2 Å². The number of amides is 4. The minimum Gasteiger partial charge on any atom is -0.486 e. The summed E-state index contributed by atoms with van der Waals surface area (Å²) in [6.07, 6.45) is 1.31. The molecule has 12 heteroatoms. The Labute approximate surface area is 222 Å². The predicted molar refractivity (Wildman–Crippen MR) is 137 cm³/mol. The molecule has 1 saturated heterocycles. The second-order valence-electron chi connectivity index (χ2n) is 7.46. The summed E-state index contributed by atoms with van der Waals surface area (Å²) in [6.45, 7) is 0.0931. The van der Waals surface area contributed by atoms with Crippen LogP contribution in [-0.2, 0) is 16.2 Å². The molecule has 0 aliphatic carbocycles. The van der Waals surface area contributed by atoms with Crippen LogP contribution in [0.25, 0.3) is 6.08 Å². The molecule has 0 bridgehead atoms. The monoisotopic (exact) mass is 589 g/mol. The van der Waals surface area contributed by atoms with Gasteiger partial charge in [-0.1, -0.05) is 23.2 Å². The van der Waals surface area contributed by atoms with Gasteiger partial charge in [0.1, 0.15) is 12.2 Å². The zero-order valence-electron chi connectivity index (χ0n) is 18.0. The standard InChI is InChI=1S/C24H14BrCl2N3O6/c25-19-10-14(11-20(27)21(19)36-12-13-1-5-17(6-2-13)30(34)35)9-18-22(31)28-24(33)29(23(18)32)16-7-3-15(26)4-8-16/h1-11H,12H2,(H,28,31,33)/b18-9+. The van der Waals surface area contributed by atoms with Gasteiger partial charge in [-0.05, 0) is 81.7 Å². The van der Waals surface area contributed by atoms with Crippen LogP contribution in [0, 0.1) is 10.1 Å². The molecule has 182 valence electrons. The van der Waals surface area contributed by atoms with Gasteiger partial charge in [0, 0.05) is 17.2 Å². The summed E-state index contributed by atoms with van der Waals surface area (Å²) in [6, 6.07) is 14.1. The SMILES string of the molecule is O=C1NC(=O)N(c2ccc(Cl)cc2)C(=O)/C1=C/c1cc(Cl)c(OCc2ccc([N+](=O)[O-])cc2)c(Br)c1. The van der Waals surface area contributed by atoms with E-state index in [0.29, 0.717) is 26.4 Å². The summed E-state index contributed by atoms with van der Waals surface area (Å²) in [4.78, 5) is 48.9. The van der Waals surface area contributed by atoms with Gasteiger partial charge in [-0.2, -0.15) is 0 Å². The highest BCUT2D eigenvalue weighted by Crippen LogP contribution is 2.36. The molecular formula is C24H14BrCl2N3O6. The molecule has 3 aromatic carbocycles. The number of hydrogen-bond acceptors (Lipinski definition) is 6. The molecule has 0 unspecified atom stereocenters. The fourth-order valence-electron chi connectivity index (χ4n) is 3.32. The normalized spacial score (nSPS) is 14.7. The molecular weight excluding hydrogens is 577 g/mol. The third-order valence-corrected chi connectivity index (χ3v) is 6.17. The lowest BCUT2D eigenvalue weighted by Gasteiger charge is -2.26. The number of carbonyl (C=O) groups is 3. The van der Waals surface area contributed by atoms with Gasteiger partial charge in [-0.15, -0.1) is 0 Å². The second-order valence-corrected chi connectivity index (χ2v) is 9.16. The van der Waals surface area contributed by atoms with E-state index in [9.17, 15) is 24.5 Å². The number of rotatable bonds is 6. The van der Waals surface area contributed by atoms with Gasteiger partial charge in [0.05, 0.1) is 20.1 Å². The van der Waals surface area contributed by atoms with Crippen molar-refractivity contribution in [2.45, 2.75) is 6.61 Å². The number of nitrogens with zero attached hydrogens (tertiary/aromatic N) is 2. The number of non-ortho nitro benzene ring substituents is 1. The average Bonchev–Trinajstić information content (AvgIpc) is 2.82. The van der Waals surface area contributed by atoms with Gasteiger partial charge >= 0.3 is 6.03 Å². The number of nitrogens with one attached hydrogen (secondary N) is 1. The third-order valence-electron chi connectivity index (χ3n) is 5.05. The van der Waals surface area contributed by atoms with Gasteiger partial charge in [-0.25, -0.2) is 9.69 Å². The molecule has 1 N–H and O–H groups in total. The topological polar surface area (TPSA) is 119 Å². The van der Waals surface area contributed by atoms with Crippen molar-refractivity contribution < 1.29 is 24.0 Å². The van der Waals surface area contributed by atoms with Gasteiger partial charge in [0.2, 0.25) is 0 Å². The number of imide groups is 2. The van der Waals surface area contributed by atoms with E-state index in [4.69, 9.17) is 27.9 Å². The van der Waals surface area contributed by atoms with Crippen LogP contribution in [0.1, 0.15) is 11.1 Å². The molecule has 0 atom stereocenters. The minimum absolute atomic E-state index is 0.0343. The first-order valence-corrected chi connectivity index (χ1v) is 11.7. The van der Waals surface area contributed by atoms with Crippen LogP contribution in [0.3, 0.4) is 0 Å². The summed E-state index contributed by atoms with van der Waals surface area (Å²) >= 11 is 15.6. The smallest absolute Gasteiger partial charge is 0.335 e. The number of nitro groups is 1. The Morgan fingerprint density at radius 1 is 1.03 bits per heavy atom. The maximum atomic E-state index is 13.0. The lowest BCUT2D eigenvalue weighted by atomic mass is 10.1. The molecule has 0 radical (unpaired) electrons. The van der Waals surface area contributed by atoms with Crippen molar-refractivity contribution in [3.8, 4) is 5.75 Å². The molecule has 1 heterocycles. The first kappa shape index (κ1) is 25.4. The maximum absolute atomic E-state index is 13.0. The number of hydrogen-bond donors (Lipinski definition) is 1. The van der Waals surface area contributed by atoms with Crippen LogP contribution < -0.4 is 15.0 Å². The number of barbiturate groups is 1. The van der Waals surface area contributed by atoms with Gasteiger partial charge in [0.25, 0.3) is 17.5 Å². The van der Waals surface area contributed by atoms with Crippen LogP contribution >= 0.6 is 39.1 Å². The van der Waals surface area contributed by atoms with E-state index in [-0.39, 0.29) is 28.6 Å². The van der Waals surface area contributed by atoms with Crippen LogP contribution in [0.2, 0.25) is 10.0 Å². The molecule has 9 nitrogen and oxygen atoms in total. The number of halogens is 3. The second kappa shape index (κ2) is 10.5. The Hall–Kier alpha value is -3.73. The summed E-state index contributed by atoms with van der Waals surface area (Å²) in [5, 5.41) is 13.5. The highest BCUT2D eigenvalue weighted by Gasteiger charge is 2.36. The molecule has 0 spiro atoms. The molecule has 36 heavy (non-hydrogen) atoms. The molecule has 4 amide bonds. The molecule has 0 aromatic heterocycles. The fourth-order valence-corrected chi connectivity index (χ4v) is 4.43. The largest absolute Gasteiger partial charge is 0.486 e. The minimum atomic E-state index is -0.876. The van der Waals surface area contributed by atoms with Crippen LogP contribution in [-0.4, -0.2) is 22.8 Å². The van der Waals surface area contributed by atoms with E-state index in [1.165, 1.54) is 48.5 Å². The zero-order chi connectivity index (χ0) is 26.0. The number of anilines is 1. The predicted octanol–water partition coefficient (Wildman–Crippen LogP) is 5.91. The van der Waals surface area contributed by atoms with Crippen LogP contribution in [0.15, 0.2) is 70.7 Å². The number of ether oxygens (including phenoxy) is 1. The highest BCUT2D eigenvalue weighted by molar-refractivity contribution is 9.10. The zero-order valence-corrected chi connectivity index (χ0v) is 21.1. The molecule has 1 aliphatic rings. The Kier molecular flexibility index (Phi) is 7.39. The molecule has 1 fully saturated rings. The summed E-state index contributed by atoms with van der Waals surface area (Å²) in [7, 11) is 0. The molecule has 3 aromatic rings. The summed E-state index contributed by atoms with van der Waals surface area (Å²) in [5.74, 6) is -1.35. The van der Waals surface area contributed by atoms with Crippen molar-refractivity contribution in [2.75, 3.05) is 4.90 Å². The van der Waals surface area contributed by atoms with Crippen molar-refractivity contribution in [1.82, 2.24) is 5.32 Å². The van der Waals surface area contributed by atoms with Crippen LogP contribution in [0.5, 0.6) is 5.75 Å². The molecule has 1 aliphatic heterocycles. The van der Waals surface area contributed by atoms with Crippen molar-refractivity contribution in [2.24, 2.45) is 0 Å². The maximum Gasteiger partial charge on any atom is 0.335 e. The Morgan fingerprint density at radius 2 is 1.69 bits per heavy atom. The fraction of sp³-hybridized carbons (Fsp3) is 0.0417. The number of carbonyl (C=O) groups excluding carboxylic acids is 3. The lowest BCUT2D eigenvalue weighted by molar-refractivity contribution is -0.384.